The Morgan fingerprint density at radius 2 is 1.89 bits per heavy atom. The Morgan fingerprint density at radius 1 is 1.07 bits per heavy atom. The molecule has 1 amide bonds. The highest BCUT2D eigenvalue weighted by molar-refractivity contribution is 6.08. The van der Waals surface area contributed by atoms with Crippen molar-refractivity contribution < 1.29 is 9.18 Å². The summed E-state index contributed by atoms with van der Waals surface area (Å²) in [5, 5.41) is 6.06. The number of rotatable bonds is 4. The van der Waals surface area contributed by atoms with Gasteiger partial charge in [0.05, 0.1) is 5.69 Å². The van der Waals surface area contributed by atoms with Gasteiger partial charge in [-0.1, -0.05) is 24.3 Å². The second-order valence-corrected chi connectivity index (χ2v) is 6.64. The molecule has 2 N–H and O–H groups in total. The number of pyridine rings is 1. The van der Waals surface area contributed by atoms with Gasteiger partial charge in [0, 0.05) is 55.4 Å². The average molecular weight is 376 g/mol. The molecule has 1 aromatic heterocycles. The molecule has 1 fully saturated rings. The van der Waals surface area contributed by atoms with Gasteiger partial charge in [-0.25, -0.2) is 4.39 Å². The van der Waals surface area contributed by atoms with Crippen LogP contribution in [0, 0.1) is 5.82 Å². The fraction of sp³-hybridized carbons (Fsp3) is 0.182. The van der Waals surface area contributed by atoms with Crippen LogP contribution in [0.1, 0.15) is 10.4 Å². The van der Waals surface area contributed by atoms with E-state index >= 15 is 0 Å². The number of hydrogen-bond acceptors (Lipinski definition) is 4. The molecule has 1 saturated heterocycles. The number of nitrogens with one attached hydrogen (secondary N) is 2. The van der Waals surface area contributed by atoms with E-state index in [-0.39, 0.29) is 11.7 Å². The zero-order valence-corrected chi connectivity index (χ0v) is 15.4. The SMILES string of the molecule is O=C(Nc1ccc(N2CCNCC2)c(F)c1)c1ccccc1-c1cccnc1. The molecule has 2 heterocycles. The predicted octanol–water partition coefficient (Wildman–Crippen LogP) is 3.55. The second kappa shape index (κ2) is 8.19. The van der Waals surface area contributed by atoms with Gasteiger partial charge in [-0.2, -0.15) is 0 Å². The molecule has 1 aliphatic heterocycles. The molecule has 0 radical (unpaired) electrons. The van der Waals surface area contributed by atoms with E-state index in [0.717, 1.165) is 37.3 Å². The van der Waals surface area contributed by atoms with Gasteiger partial charge in [0.2, 0.25) is 0 Å². The highest BCUT2D eigenvalue weighted by atomic mass is 19.1. The molecule has 0 spiro atoms. The summed E-state index contributed by atoms with van der Waals surface area (Å²) in [4.78, 5) is 19.0. The lowest BCUT2D eigenvalue weighted by Crippen LogP contribution is -2.43. The third-order valence-electron chi connectivity index (χ3n) is 4.81. The van der Waals surface area contributed by atoms with Gasteiger partial charge in [0.15, 0.2) is 0 Å². The van der Waals surface area contributed by atoms with E-state index in [1.165, 1.54) is 6.07 Å². The number of anilines is 2. The lowest BCUT2D eigenvalue weighted by molar-refractivity contribution is 0.102. The summed E-state index contributed by atoms with van der Waals surface area (Å²) < 4.78 is 14.6. The minimum absolute atomic E-state index is 0.284. The molecule has 0 unspecified atom stereocenters. The fourth-order valence-electron chi connectivity index (χ4n) is 3.40. The number of piperazine rings is 1. The molecule has 0 saturated carbocycles. The molecule has 5 nitrogen and oxygen atoms in total. The number of aromatic nitrogens is 1. The van der Waals surface area contributed by atoms with E-state index in [1.807, 2.05) is 35.2 Å². The summed E-state index contributed by atoms with van der Waals surface area (Å²) in [5.74, 6) is -0.617. The Kier molecular flexibility index (Phi) is 5.30. The normalized spacial score (nSPS) is 14.0. The number of benzene rings is 2. The van der Waals surface area contributed by atoms with E-state index in [2.05, 4.69) is 15.6 Å². The highest BCUT2D eigenvalue weighted by Crippen LogP contribution is 2.26. The van der Waals surface area contributed by atoms with Crippen LogP contribution in [0.5, 0.6) is 0 Å². The Bertz CT molecular complexity index is 971. The summed E-state index contributed by atoms with van der Waals surface area (Å²) in [6.45, 7) is 3.20. The van der Waals surface area contributed by atoms with Crippen LogP contribution in [0.15, 0.2) is 67.0 Å². The van der Waals surface area contributed by atoms with Crippen LogP contribution in [0.4, 0.5) is 15.8 Å². The van der Waals surface area contributed by atoms with E-state index in [1.54, 1.807) is 30.6 Å². The highest BCUT2D eigenvalue weighted by Gasteiger charge is 2.17. The first-order valence-electron chi connectivity index (χ1n) is 9.28. The van der Waals surface area contributed by atoms with Crippen molar-refractivity contribution in [3.63, 3.8) is 0 Å². The van der Waals surface area contributed by atoms with Gasteiger partial charge < -0.3 is 15.5 Å². The monoisotopic (exact) mass is 376 g/mol. The third-order valence-corrected chi connectivity index (χ3v) is 4.81. The van der Waals surface area contributed by atoms with Gasteiger partial charge in [-0.3, -0.25) is 9.78 Å². The quantitative estimate of drug-likeness (QED) is 0.731. The second-order valence-electron chi connectivity index (χ2n) is 6.64. The molecule has 2 aromatic carbocycles. The molecule has 0 atom stereocenters. The summed E-state index contributed by atoms with van der Waals surface area (Å²) >= 11 is 0. The van der Waals surface area contributed by atoms with Crippen molar-refractivity contribution >= 4 is 17.3 Å². The molecule has 0 bridgehead atoms. The van der Waals surface area contributed by atoms with Crippen LogP contribution in [-0.2, 0) is 0 Å². The van der Waals surface area contributed by atoms with Crippen molar-refractivity contribution in [3.05, 3.63) is 78.4 Å². The van der Waals surface area contributed by atoms with Crippen molar-refractivity contribution in [2.75, 3.05) is 36.4 Å². The van der Waals surface area contributed by atoms with Gasteiger partial charge in [-0.15, -0.1) is 0 Å². The Morgan fingerprint density at radius 3 is 2.64 bits per heavy atom. The minimum Gasteiger partial charge on any atom is -0.367 e. The van der Waals surface area contributed by atoms with Gasteiger partial charge >= 0.3 is 0 Å². The van der Waals surface area contributed by atoms with Crippen molar-refractivity contribution in [2.45, 2.75) is 0 Å². The van der Waals surface area contributed by atoms with Gasteiger partial charge in [0.1, 0.15) is 5.82 Å². The third kappa shape index (κ3) is 3.87. The maximum absolute atomic E-state index is 14.6. The average Bonchev–Trinajstić information content (AvgIpc) is 2.75. The summed E-state index contributed by atoms with van der Waals surface area (Å²) in [5.41, 5.74) is 3.15. The molecule has 1 aliphatic rings. The predicted molar refractivity (Wildman–Crippen MR) is 109 cm³/mol. The number of hydrogen-bond donors (Lipinski definition) is 2. The van der Waals surface area contributed by atoms with Crippen LogP contribution >= 0.6 is 0 Å². The van der Waals surface area contributed by atoms with E-state index < -0.39 is 0 Å². The molecule has 142 valence electrons. The minimum atomic E-state index is -0.333. The van der Waals surface area contributed by atoms with Crippen molar-refractivity contribution in [1.82, 2.24) is 10.3 Å². The zero-order chi connectivity index (χ0) is 19.3. The maximum atomic E-state index is 14.6. The molecular formula is C22H21FN4O. The molecule has 0 aliphatic carbocycles. The standard InChI is InChI=1S/C22H21FN4O/c23-20-14-17(7-8-21(20)27-12-10-24-11-13-27)26-22(28)19-6-2-1-5-18(19)16-4-3-9-25-15-16/h1-9,14-15,24H,10-13H2,(H,26,28). The Hall–Kier alpha value is -3.25. The van der Waals surface area contributed by atoms with Crippen LogP contribution in [0.3, 0.4) is 0 Å². The lowest BCUT2D eigenvalue weighted by Gasteiger charge is -2.29. The molecule has 28 heavy (non-hydrogen) atoms. The van der Waals surface area contributed by atoms with E-state index in [4.69, 9.17) is 0 Å². The number of nitrogens with zero attached hydrogens (tertiary/aromatic N) is 2. The first kappa shape index (κ1) is 18.1. The summed E-state index contributed by atoms with van der Waals surface area (Å²) in [6.07, 6.45) is 3.41. The molecule has 4 rings (SSSR count). The van der Waals surface area contributed by atoms with Gasteiger partial charge in [0.25, 0.3) is 5.91 Å². The van der Waals surface area contributed by atoms with E-state index in [9.17, 15) is 9.18 Å². The zero-order valence-electron chi connectivity index (χ0n) is 15.4. The fourth-order valence-corrected chi connectivity index (χ4v) is 3.40. The van der Waals surface area contributed by atoms with Crippen LogP contribution in [-0.4, -0.2) is 37.1 Å². The van der Waals surface area contributed by atoms with Crippen molar-refractivity contribution in [2.24, 2.45) is 0 Å². The van der Waals surface area contributed by atoms with Crippen LogP contribution in [0.25, 0.3) is 11.1 Å². The van der Waals surface area contributed by atoms with E-state index in [0.29, 0.717) is 16.9 Å². The number of carbonyl (C=O) groups is 1. The van der Waals surface area contributed by atoms with Crippen molar-refractivity contribution in [3.8, 4) is 11.1 Å². The Labute approximate surface area is 163 Å². The first-order chi connectivity index (χ1) is 13.7. The Balaban J connectivity index is 1.55. The first-order valence-corrected chi connectivity index (χ1v) is 9.28. The topological polar surface area (TPSA) is 57.3 Å². The molecule has 3 aromatic rings. The molecular weight excluding hydrogens is 355 g/mol. The smallest absolute Gasteiger partial charge is 0.256 e. The summed E-state index contributed by atoms with van der Waals surface area (Å²) in [7, 11) is 0. The number of carbonyl (C=O) groups excluding carboxylic acids is 1. The number of amides is 1. The lowest BCUT2D eigenvalue weighted by atomic mass is 10.0. The molecule has 6 heteroatoms. The van der Waals surface area contributed by atoms with Crippen LogP contribution < -0.4 is 15.5 Å². The summed E-state index contributed by atoms with van der Waals surface area (Å²) in [6, 6.07) is 15.9. The largest absolute Gasteiger partial charge is 0.367 e. The number of halogens is 1. The maximum Gasteiger partial charge on any atom is 0.256 e. The van der Waals surface area contributed by atoms with Crippen molar-refractivity contribution in [1.29, 1.82) is 0 Å². The van der Waals surface area contributed by atoms with Crippen LogP contribution in [0.2, 0.25) is 0 Å². The van der Waals surface area contributed by atoms with Gasteiger partial charge in [-0.05, 0) is 35.9 Å².